The van der Waals surface area contributed by atoms with Crippen LogP contribution in [0.5, 0.6) is 0 Å². The van der Waals surface area contributed by atoms with Gasteiger partial charge < -0.3 is 54.0 Å². The minimum absolute atomic E-state index is 0. The molecule has 6 atom stereocenters. The van der Waals surface area contributed by atoms with Gasteiger partial charge in [0.2, 0.25) is 17.7 Å². The number of carboxylic acid groups (broad SMARTS) is 1. The molecule has 0 spiro atoms. The van der Waals surface area contributed by atoms with Crippen molar-refractivity contribution in [3.05, 3.63) is 16.9 Å². The third-order valence-electron chi connectivity index (χ3n) is 8.36. The van der Waals surface area contributed by atoms with Gasteiger partial charge in [0.1, 0.15) is 18.6 Å². The number of likely N-dealkylation sites (N-methyl/N-ethyl adjacent to an activating group) is 1. The van der Waals surface area contributed by atoms with E-state index in [0.29, 0.717) is 17.9 Å². The lowest BCUT2D eigenvalue weighted by atomic mass is 9.78. The molecule has 4 aliphatic rings. The van der Waals surface area contributed by atoms with Crippen LogP contribution in [0.3, 0.4) is 0 Å². The first-order chi connectivity index (χ1) is 18.5. The Kier molecular flexibility index (Phi) is 9.11. The van der Waals surface area contributed by atoms with Crippen LogP contribution in [0.25, 0.3) is 0 Å². The van der Waals surface area contributed by atoms with Crippen molar-refractivity contribution in [3.8, 4) is 0 Å². The van der Waals surface area contributed by atoms with E-state index in [1.165, 1.54) is 27.7 Å². The van der Waals surface area contributed by atoms with Crippen molar-refractivity contribution in [2.75, 3.05) is 46.8 Å². The molecule has 16 heteroatoms. The van der Waals surface area contributed by atoms with Crippen LogP contribution in [0.15, 0.2) is 16.9 Å². The zero-order chi connectivity index (χ0) is 28.1. The Morgan fingerprint density at radius 2 is 1.98 bits per heavy atom. The summed E-state index contributed by atoms with van der Waals surface area (Å²) >= 11 is 1.46. The van der Waals surface area contributed by atoms with E-state index in [-0.39, 0.29) is 77.2 Å². The second-order valence-corrected chi connectivity index (χ2v) is 12.9. The molecular formula is C24H36IN9O5S. The standard InChI is InChI=1S/C24H35N9O5S.HI/c1-13-19-18(14(2)27-17(34)11-31-12-26-28-29-31)23(36)32(19)20(24(37)38)21(13)39-15-9-16(25-10-15)22(35)30-5-7-33(3,4)8-6-30;/h12-16,18-19,25H,5-11H2,1-4H3,(H-,27,34,37,38);1H/t13-,14?,15+,16+,18-,19-;/m1./s1. The van der Waals surface area contributed by atoms with Crippen LogP contribution < -0.4 is 34.6 Å². The maximum atomic E-state index is 13.2. The highest BCUT2D eigenvalue weighted by molar-refractivity contribution is 8.03. The molecule has 5 heterocycles. The van der Waals surface area contributed by atoms with E-state index in [1.807, 2.05) is 11.8 Å². The van der Waals surface area contributed by atoms with Crippen LogP contribution in [-0.4, -0.2) is 133 Å². The van der Waals surface area contributed by atoms with E-state index in [4.69, 9.17) is 0 Å². The van der Waals surface area contributed by atoms with Crippen molar-refractivity contribution in [3.63, 3.8) is 0 Å². The molecule has 14 nitrogen and oxygen atoms in total. The number of aromatic nitrogens is 4. The largest absolute Gasteiger partial charge is 1.00 e. The molecule has 3 fully saturated rings. The molecule has 0 radical (unpaired) electrons. The van der Waals surface area contributed by atoms with E-state index < -0.39 is 17.9 Å². The number of fused-ring (bicyclic) bond motifs is 1. The molecule has 40 heavy (non-hydrogen) atoms. The van der Waals surface area contributed by atoms with Gasteiger partial charge in [0.15, 0.2) is 0 Å². The summed E-state index contributed by atoms with van der Waals surface area (Å²) in [6.45, 7) is 7.51. The Labute approximate surface area is 253 Å². The molecule has 3 N–H and O–H groups in total. The first kappa shape index (κ1) is 30.6. The van der Waals surface area contributed by atoms with E-state index in [2.05, 4.69) is 40.3 Å². The Morgan fingerprint density at radius 3 is 2.60 bits per heavy atom. The number of tetrazole rings is 1. The summed E-state index contributed by atoms with van der Waals surface area (Å²) in [6.07, 6.45) is 1.93. The summed E-state index contributed by atoms with van der Waals surface area (Å²) in [5.74, 6) is -2.42. The molecule has 5 rings (SSSR count). The molecule has 0 aromatic carbocycles. The number of β-lactam (4-membered cyclic amide) rings is 1. The van der Waals surface area contributed by atoms with Crippen LogP contribution in [0.4, 0.5) is 0 Å². The fourth-order valence-corrected chi connectivity index (χ4v) is 7.57. The van der Waals surface area contributed by atoms with Crippen molar-refractivity contribution in [2.24, 2.45) is 11.8 Å². The number of thioether (sulfide) groups is 1. The SMILES string of the molecule is CC(NC(=O)Cn1cnnn1)[C@H]1C(=O)N2C(C(=O)O)=C(S[C@@H]3CN[C@H](C(=O)N4CC[N+](C)(C)CC4)C3)[C@H](C)[C@H]12.[I-]. The monoisotopic (exact) mass is 689 g/mol. The fourth-order valence-electron chi connectivity index (χ4n) is 6.09. The number of nitrogens with zero attached hydrogens (tertiary/aromatic N) is 7. The van der Waals surface area contributed by atoms with E-state index in [0.717, 1.165) is 30.7 Å². The predicted molar refractivity (Wildman–Crippen MR) is 140 cm³/mol. The van der Waals surface area contributed by atoms with E-state index in [1.54, 1.807) is 6.92 Å². The lowest BCUT2D eigenvalue weighted by Crippen LogP contribution is -3.00. The zero-order valence-corrected chi connectivity index (χ0v) is 26.0. The zero-order valence-electron chi connectivity index (χ0n) is 23.0. The summed E-state index contributed by atoms with van der Waals surface area (Å²) in [6, 6.07) is -1.13. The van der Waals surface area contributed by atoms with Gasteiger partial charge in [-0.15, -0.1) is 16.9 Å². The summed E-state index contributed by atoms with van der Waals surface area (Å²) in [5, 5.41) is 26.9. The minimum atomic E-state index is -1.14. The minimum Gasteiger partial charge on any atom is -1.00 e. The first-order valence-corrected chi connectivity index (χ1v) is 14.2. The number of halogens is 1. The summed E-state index contributed by atoms with van der Waals surface area (Å²) in [5.41, 5.74) is 0.0248. The maximum Gasteiger partial charge on any atom is 0.353 e. The van der Waals surface area contributed by atoms with Gasteiger partial charge in [0.05, 0.1) is 58.3 Å². The second kappa shape index (κ2) is 11.9. The highest BCUT2D eigenvalue weighted by atomic mass is 127. The van der Waals surface area contributed by atoms with Gasteiger partial charge in [-0.2, -0.15) is 0 Å². The molecular weight excluding hydrogens is 653 g/mol. The van der Waals surface area contributed by atoms with Crippen LogP contribution in [0, 0.1) is 11.8 Å². The number of carboxylic acids is 1. The number of aliphatic carboxylic acids is 1. The van der Waals surface area contributed by atoms with Crippen molar-refractivity contribution >= 4 is 35.5 Å². The highest BCUT2D eigenvalue weighted by Gasteiger charge is 2.60. The highest BCUT2D eigenvalue weighted by Crippen LogP contribution is 2.51. The van der Waals surface area contributed by atoms with E-state index in [9.17, 15) is 24.3 Å². The number of quaternary nitrogens is 1. The van der Waals surface area contributed by atoms with Gasteiger partial charge in [-0.3, -0.25) is 14.4 Å². The lowest BCUT2D eigenvalue weighted by Gasteiger charge is -2.47. The number of amides is 3. The van der Waals surface area contributed by atoms with Crippen molar-refractivity contribution in [2.45, 2.75) is 50.2 Å². The smallest absolute Gasteiger partial charge is 0.353 e. The molecule has 3 amide bonds. The van der Waals surface area contributed by atoms with Gasteiger partial charge in [0, 0.05) is 28.7 Å². The molecule has 0 aliphatic carbocycles. The van der Waals surface area contributed by atoms with Gasteiger partial charge in [0.25, 0.3) is 0 Å². The average molecular weight is 690 g/mol. The summed E-state index contributed by atoms with van der Waals surface area (Å²) in [7, 11) is 4.34. The molecule has 3 saturated heterocycles. The third-order valence-corrected chi connectivity index (χ3v) is 9.87. The number of nitrogens with one attached hydrogen (secondary N) is 2. The van der Waals surface area contributed by atoms with Crippen LogP contribution in [0.1, 0.15) is 20.3 Å². The van der Waals surface area contributed by atoms with E-state index >= 15 is 0 Å². The molecule has 1 aromatic heterocycles. The fraction of sp³-hybridized carbons (Fsp3) is 0.708. The number of piperazine rings is 1. The van der Waals surface area contributed by atoms with Gasteiger partial charge >= 0.3 is 5.97 Å². The first-order valence-electron chi connectivity index (χ1n) is 13.3. The van der Waals surface area contributed by atoms with Crippen LogP contribution >= 0.6 is 11.8 Å². The number of carbonyl (C=O) groups excluding carboxylic acids is 3. The quantitative estimate of drug-likeness (QED) is 0.138. The second-order valence-electron chi connectivity index (χ2n) is 11.5. The Morgan fingerprint density at radius 1 is 1.27 bits per heavy atom. The number of rotatable bonds is 8. The van der Waals surface area contributed by atoms with Gasteiger partial charge in [-0.1, -0.05) is 6.92 Å². The van der Waals surface area contributed by atoms with Crippen LogP contribution in [-0.2, 0) is 25.7 Å². The molecule has 1 unspecified atom stereocenters. The molecule has 4 aliphatic heterocycles. The van der Waals surface area contributed by atoms with Crippen molar-refractivity contribution < 1.29 is 52.7 Å². The topological polar surface area (TPSA) is 163 Å². The maximum absolute atomic E-state index is 13.2. The number of hydrogen-bond acceptors (Lipinski definition) is 9. The Bertz CT molecular complexity index is 1190. The van der Waals surface area contributed by atoms with Gasteiger partial charge in [-0.05, 0) is 23.8 Å². The number of carbonyl (C=O) groups is 4. The van der Waals surface area contributed by atoms with Crippen LogP contribution in [0.2, 0.25) is 0 Å². The predicted octanol–water partition coefficient (Wildman–Crippen LogP) is -4.66. The average Bonchev–Trinajstić information content (AvgIpc) is 3.59. The Balaban J connectivity index is 0.00000370. The number of hydrogen-bond donors (Lipinski definition) is 3. The molecule has 0 bridgehead atoms. The Hall–Kier alpha value is -2.31. The van der Waals surface area contributed by atoms with Gasteiger partial charge in [-0.25, -0.2) is 9.48 Å². The molecule has 0 saturated carbocycles. The summed E-state index contributed by atoms with van der Waals surface area (Å²) in [4.78, 5) is 55.0. The normalized spacial score (nSPS) is 29.9. The third kappa shape index (κ3) is 5.85. The summed E-state index contributed by atoms with van der Waals surface area (Å²) < 4.78 is 2.19. The molecule has 1 aromatic rings. The van der Waals surface area contributed by atoms with Crippen molar-refractivity contribution in [1.29, 1.82) is 0 Å². The van der Waals surface area contributed by atoms with Crippen molar-refractivity contribution in [1.82, 2.24) is 40.6 Å². The lowest BCUT2D eigenvalue weighted by molar-refractivity contribution is -0.894. The molecule has 220 valence electrons.